The van der Waals surface area contributed by atoms with Crippen molar-refractivity contribution in [2.24, 2.45) is 5.73 Å². The zero-order valence-electron chi connectivity index (χ0n) is 11.0. The second kappa shape index (κ2) is 6.92. The molecule has 2 rings (SSSR count). The molecule has 1 saturated carbocycles. The van der Waals surface area contributed by atoms with Crippen LogP contribution in [0.25, 0.3) is 0 Å². The zero-order valence-corrected chi connectivity index (χ0v) is 12.6. The molecule has 0 bridgehead atoms. The lowest BCUT2D eigenvalue weighted by Gasteiger charge is -2.10. The molecular weight excluding hydrogens is 301 g/mol. The maximum atomic E-state index is 12.0. The first-order valence-electron chi connectivity index (χ1n) is 6.14. The van der Waals surface area contributed by atoms with E-state index >= 15 is 0 Å². The van der Waals surface area contributed by atoms with Crippen LogP contribution in [-0.4, -0.2) is 23.9 Å². The SMILES string of the molecule is C[C@H](N)C(=O)Nc1ccc(Cl)c(C(=O)NC2CC2)c1.Cl. The summed E-state index contributed by atoms with van der Waals surface area (Å²) in [7, 11) is 0. The van der Waals surface area contributed by atoms with Gasteiger partial charge >= 0.3 is 0 Å². The van der Waals surface area contributed by atoms with Gasteiger partial charge in [0.25, 0.3) is 5.91 Å². The van der Waals surface area contributed by atoms with Crippen molar-refractivity contribution in [3.8, 4) is 0 Å². The third kappa shape index (κ3) is 4.37. The van der Waals surface area contributed by atoms with E-state index in [0.717, 1.165) is 12.8 Å². The van der Waals surface area contributed by atoms with Crippen LogP contribution in [0.15, 0.2) is 18.2 Å². The van der Waals surface area contributed by atoms with E-state index in [1.165, 1.54) is 0 Å². The molecule has 110 valence electrons. The summed E-state index contributed by atoms with van der Waals surface area (Å²) in [6.07, 6.45) is 2.01. The normalized spacial score (nSPS) is 14.9. The van der Waals surface area contributed by atoms with Gasteiger partial charge < -0.3 is 16.4 Å². The van der Waals surface area contributed by atoms with Crippen molar-refractivity contribution < 1.29 is 9.59 Å². The molecule has 4 N–H and O–H groups in total. The minimum Gasteiger partial charge on any atom is -0.349 e. The summed E-state index contributed by atoms with van der Waals surface area (Å²) in [6, 6.07) is 4.42. The Hall–Kier alpha value is -1.30. The minimum atomic E-state index is -0.612. The van der Waals surface area contributed by atoms with Gasteiger partial charge in [-0.15, -0.1) is 12.4 Å². The van der Waals surface area contributed by atoms with Gasteiger partial charge in [-0.05, 0) is 38.0 Å². The molecule has 2 amide bonds. The molecule has 5 nitrogen and oxygen atoms in total. The van der Waals surface area contributed by atoms with Crippen LogP contribution in [-0.2, 0) is 4.79 Å². The van der Waals surface area contributed by atoms with Crippen molar-refractivity contribution in [1.82, 2.24) is 5.32 Å². The summed E-state index contributed by atoms with van der Waals surface area (Å²) in [6.45, 7) is 1.59. The number of rotatable bonds is 4. The Morgan fingerprint density at radius 1 is 1.40 bits per heavy atom. The van der Waals surface area contributed by atoms with Crippen LogP contribution < -0.4 is 16.4 Å². The zero-order chi connectivity index (χ0) is 14.0. The standard InChI is InChI=1S/C13H16ClN3O2.ClH/c1-7(15)12(18)17-9-4-5-11(14)10(6-9)13(19)16-8-2-3-8;/h4-8H,2-3,15H2,1H3,(H,16,19)(H,17,18);1H/t7-;/m0./s1. The number of carbonyl (C=O) groups excluding carboxylic acids is 2. The van der Waals surface area contributed by atoms with Gasteiger partial charge in [-0.25, -0.2) is 0 Å². The van der Waals surface area contributed by atoms with Crippen LogP contribution in [0.5, 0.6) is 0 Å². The van der Waals surface area contributed by atoms with Crippen LogP contribution in [0, 0.1) is 0 Å². The number of amides is 2. The van der Waals surface area contributed by atoms with E-state index in [2.05, 4.69) is 10.6 Å². The van der Waals surface area contributed by atoms with Crippen molar-refractivity contribution in [3.63, 3.8) is 0 Å². The number of hydrogen-bond donors (Lipinski definition) is 3. The first kappa shape index (κ1) is 16.8. The molecule has 0 heterocycles. The van der Waals surface area contributed by atoms with Gasteiger partial charge in [0.1, 0.15) is 0 Å². The quantitative estimate of drug-likeness (QED) is 0.793. The molecule has 1 aromatic rings. The van der Waals surface area contributed by atoms with Crippen molar-refractivity contribution in [2.45, 2.75) is 31.8 Å². The molecule has 0 saturated heterocycles. The largest absolute Gasteiger partial charge is 0.349 e. The summed E-state index contributed by atoms with van der Waals surface area (Å²) in [5.74, 6) is -0.528. The maximum Gasteiger partial charge on any atom is 0.253 e. The average molecular weight is 318 g/mol. The second-order valence-corrected chi connectivity index (χ2v) is 5.13. The third-order valence-corrected chi connectivity index (χ3v) is 3.13. The number of benzene rings is 1. The number of halogens is 2. The highest BCUT2D eigenvalue weighted by Crippen LogP contribution is 2.23. The summed E-state index contributed by atoms with van der Waals surface area (Å²) < 4.78 is 0. The average Bonchev–Trinajstić information content (AvgIpc) is 3.15. The van der Waals surface area contributed by atoms with E-state index in [0.29, 0.717) is 16.3 Å². The minimum absolute atomic E-state index is 0. The highest BCUT2D eigenvalue weighted by molar-refractivity contribution is 6.34. The number of hydrogen-bond acceptors (Lipinski definition) is 3. The van der Waals surface area contributed by atoms with E-state index < -0.39 is 6.04 Å². The van der Waals surface area contributed by atoms with Gasteiger partial charge in [-0.3, -0.25) is 9.59 Å². The number of nitrogens with two attached hydrogens (primary N) is 1. The predicted molar refractivity (Wildman–Crippen MR) is 81.5 cm³/mol. The molecule has 0 aromatic heterocycles. The van der Waals surface area contributed by atoms with Gasteiger partial charge in [0, 0.05) is 11.7 Å². The number of nitrogens with one attached hydrogen (secondary N) is 2. The van der Waals surface area contributed by atoms with Crippen LogP contribution in [0.4, 0.5) is 5.69 Å². The Kier molecular flexibility index (Phi) is 5.80. The smallest absolute Gasteiger partial charge is 0.253 e. The second-order valence-electron chi connectivity index (χ2n) is 4.72. The molecule has 0 spiro atoms. The lowest BCUT2D eigenvalue weighted by Crippen LogP contribution is -2.32. The third-order valence-electron chi connectivity index (χ3n) is 2.80. The fraction of sp³-hybridized carbons (Fsp3) is 0.385. The molecule has 0 aliphatic heterocycles. The predicted octanol–water partition coefficient (Wildman–Crippen LogP) is 1.94. The molecule has 0 unspecified atom stereocenters. The Labute approximate surface area is 128 Å². The van der Waals surface area contributed by atoms with Gasteiger partial charge in [-0.2, -0.15) is 0 Å². The monoisotopic (exact) mass is 317 g/mol. The number of carbonyl (C=O) groups is 2. The van der Waals surface area contributed by atoms with Crippen molar-refractivity contribution in [3.05, 3.63) is 28.8 Å². The van der Waals surface area contributed by atoms with Crippen LogP contribution in [0.2, 0.25) is 5.02 Å². The lowest BCUT2D eigenvalue weighted by atomic mass is 10.1. The van der Waals surface area contributed by atoms with Crippen LogP contribution >= 0.6 is 24.0 Å². The van der Waals surface area contributed by atoms with Crippen molar-refractivity contribution >= 4 is 41.5 Å². The maximum absolute atomic E-state index is 12.0. The van der Waals surface area contributed by atoms with E-state index in [4.69, 9.17) is 17.3 Å². The van der Waals surface area contributed by atoms with E-state index in [9.17, 15) is 9.59 Å². The highest BCUT2D eigenvalue weighted by atomic mass is 35.5. The van der Waals surface area contributed by atoms with E-state index in [-0.39, 0.29) is 30.3 Å². The lowest BCUT2D eigenvalue weighted by molar-refractivity contribution is -0.117. The molecule has 7 heteroatoms. The van der Waals surface area contributed by atoms with E-state index in [1.807, 2.05) is 0 Å². The fourth-order valence-electron chi connectivity index (χ4n) is 1.52. The Bertz CT molecular complexity index is 516. The van der Waals surface area contributed by atoms with Crippen LogP contribution in [0.1, 0.15) is 30.1 Å². The molecule has 20 heavy (non-hydrogen) atoms. The fourth-order valence-corrected chi connectivity index (χ4v) is 1.73. The summed E-state index contributed by atoms with van der Waals surface area (Å²) in [5.41, 5.74) is 6.33. The Balaban J connectivity index is 0.00000200. The van der Waals surface area contributed by atoms with Gasteiger partial charge in [-0.1, -0.05) is 11.6 Å². The summed E-state index contributed by atoms with van der Waals surface area (Å²) >= 11 is 6.00. The molecule has 1 aliphatic carbocycles. The number of anilines is 1. The molecule has 1 aliphatic rings. The Morgan fingerprint density at radius 3 is 2.60 bits per heavy atom. The first-order chi connectivity index (χ1) is 8.97. The van der Waals surface area contributed by atoms with Crippen molar-refractivity contribution in [2.75, 3.05) is 5.32 Å². The van der Waals surface area contributed by atoms with E-state index in [1.54, 1.807) is 25.1 Å². The molecule has 0 radical (unpaired) electrons. The van der Waals surface area contributed by atoms with Crippen molar-refractivity contribution in [1.29, 1.82) is 0 Å². The topological polar surface area (TPSA) is 84.2 Å². The molecular formula is C13H17Cl2N3O2. The molecule has 1 fully saturated rings. The van der Waals surface area contributed by atoms with Gasteiger partial charge in [0.05, 0.1) is 16.6 Å². The molecule has 1 aromatic carbocycles. The Morgan fingerprint density at radius 2 is 2.05 bits per heavy atom. The summed E-state index contributed by atoms with van der Waals surface area (Å²) in [4.78, 5) is 23.5. The highest BCUT2D eigenvalue weighted by Gasteiger charge is 2.24. The van der Waals surface area contributed by atoms with Gasteiger partial charge in [0.15, 0.2) is 0 Å². The van der Waals surface area contributed by atoms with Gasteiger partial charge in [0.2, 0.25) is 5.91 Å². The van der Waals surface area contributed by atoms with Crippen LogP contribution in [0.3, 0.4) is 0 Å². The first-order valence-corrected chi connectivity index (χ1v) is 6.52. The molecule has 1 atom stereocenters. The summed E-state index contributed by atoms with van der Waals surface area (Å²) in [5, 5.41) is 5.84.